The lowest BCUT2D eigenvalue weighted by atomic mass is 10.0. The summed E-state index contributed by atoms with van der Waals surface area (Å²) in [5.41, 5.74) is 1.46. The van der Waals surface area contributed by atoms with Crippen LogP contribution in [0.15, 0.2) is 60.7 Å². The van der Waals surface area contributed by atoms with Crippen LogP contribution in [0.3, 0.4) is 0 Å². The molecule has 1 fully saturated rings. The molecule has 4 atom stereocenters. The van der Waals surface area contributed by atoms with E-state index in [0.717, 1.165) is 5.56 Å². The molecule has 2 aromatic carbocycles. The van der Waals surface area contributed by atoms with E-state index in [4.69, 9.17) is 4.74 Å². The average Bonchev–Trinajstić information content (AvgIpc) is 3.15. The van der Waals surface area contributed by atoms with Gasteiger partial charge in [-0.15, -0.1) is 0 Å². The molecule has 1 aliphatic heterocycles. The summed E-state index contributed by atoms with van der Waals surface area (Å²) in [6.07, 6.45) is 1.27. The van der Waals surface area contributed by atoms with Crippen molar-refractivity contribution in [2.75, 3.05) is 32.8 Å². The number of nitrogens with one attached hydrogen (secondary N) is 8. The molecule has 1 aliphatic rings. The Hall–Kier alpha value is -5.84. The molecule has 2 aromatic rings. The molecule has 3 rings (SSSR count). The predicted molar refractivity (Wildman–Crippen MR) is 196 cm³/mol. The molecule has 54 heavy (non-hydrogen) atoms. The minimum atomic E-state index is -1.46. The fourth-order valence-electron chi connectivity index (χ4n) is 5.24. The van der Waals surface area contributed by atoms with Gasteiger partial charge in [0.25, 0.3) is 0 Å². The Morgan fingerprint density at radius 2 is 1.33 bits per heavy atom. The lowest BCUT2D eigenvalue weighted by molar-refractivity contribution is -0.136. The Bertz CT molecular complexity index is 1590. The Morgan fingerprint density at radius 1 is 0.704 bits per heavy atom. The zero-order valence-corrected chi connectivity index (χ0v) is 30.5. The second-order valence-corrected chi connectivity index (χ2v) is 12.8. The maximum absolute atomic E-state index is 13.9. The van der Waals surface area contributed by atoms with Crippen LogP contribution in [0.2, 0.25) is 0 Å². The molecule has 0 unspecified atom stereocenters. The van der Waals surface area contributed by atoms with Crippen LogP contribution in [-0.2, 0) is 56.1 Å². The van der Waals surface area contributed by atoms with Crippen LogP contribution in [-0.4, -0.2) is 104 Å². The van der Waals surface area contributed by atoms with Gasteiger partial charge in [0, 0.05) is 26.4 Å². The van der Waals surface area contributed by atoms with E-state index in [1.165, 1.54) is 13.8 Å². The minimum absolute atomic E-state index is 0.00633. The SMILES string of the molecule is CC(=O)NCC(=O)N[C@H]1CC(=O)NCCCCCNC(=O)[C@H](C)NC(=O)CNC(=O)[C@@H](Cc2ccccc2)NC(=O)[C@H](COCc2ccccc2)NC1=O. The van der Waals surface area contributed by atoms with Crippen LogP contribution in [0.4, 0.5) is 0 Å². The number of rotatable bonds is 9. The first-order valence-electron chi connectivity index (χ1n) is 17.8. The largest absolute Gasteiger partial charge is 0.374 e. The van der Waals surface area contributed by atoms with Crippen molar-refractivity contribution in [1.29, 1.82) is 0 Å². The molecule has 17 heteroatoms. The molecule has 0 aliphatic carbocycles. The van der Waals surface area contributed by atoms with Crippen molar-refractivity contribution in [2.45, 2.75) is 76.7 Å². The van der Waals surface area contributed by atoms with Gasteiger partial charge >= 0.3 is 0 Å². The standard InChI is InChI=1S/C37H50N8O9/c1-24-34(50)39-17-11-5-10-16-38-31(47)19-29(43-33(49)20-40-25(2)46)36(52)45-30(23-54-22-27-14-8-4-9-15-27)37(53)44-28(18-26-12-6-3-7-13-26)35(51)41-21-32(48)42-24/h3-4,6-9,12-15,24,28-30H,5,10-11,16-23H2,1-2H3,(H,38,47)(H,39,50)(H,40,46)(H,41,51)(H,42,48)(H,43,49)(H,44,53)(H,45,52)/t24-,28+,29-,30-/m0/s1. The first kappa shape index (κ1) is 42.6. The highest BCUT2D eigenvalue weighted by atomic mass is 16.5. The normalized spacial score (nSPS) is 21.5. The molecule has 1 saturated heterocycles. The Morgan fingerprint density at radius 3 is 2.00 bits per heavy atom. The summed E-state index contributed by atoms with van der Waals surface area (Å²) in [4.78, 5) is 103. The molecule has 17 nitrogen and oxygen atoms in total. The molecule has 8 N–H and O–H groups in total. The fraction of sp³-hybridized carbons (Fsp3) is 0.459. The monoisotopic (exact) mass is 750 g/mol. The molecule has 1 heterocycles. The highest BCUT2D eigenvalue weighted by Crippen LogP contribution is 2.07. The second-order valence-electron chi connectivity index (χ2n) is 12.8. The summed E-state index contributed by atoms with van der Waals surface area (Å²) in [6, 6.07) is 12.8. The maximum atomic E-state index is 13.9. The third kappa shape index (κ3) is 16.2. The molecule has 8 amide bonds. The van der Waals surface area contributed by atoms with Gasteiger partial charge in [0.15, 0.2) is 0 Å². The first-order chi connectivity index (χ1) is 25.9. The van der Waals surface area contributed by atoms with Crippen LogP contribution in [0.25, 0.3) is 0 Å². The molecular formula is C37H50N8O9. The number of benzene rings is 2. The molecule has 0 spiro atoms. The summed E-state index contributed by atoms with van der Waals surface area (Å²) in [6.45, 7) is 2.04. The fourth-order valence-corrected chi connectivity index (χ4v) is 5.24. The van der Waals surface area contributed by atoms with E-state index in [9.17, 15) is 38.4 Å². The lowest BCUT2D eigenvalue weighted by Crippen LogP contribution is -2.59. The number of carbonyl (C=O) groups excluding carboxylic acids is 8. The van der Waals surface area contributed by atoms with E-state index in [1.807, 2.05) is 6.07 Å². The predicted octanol–water partition coefficient (Wildman–Crippen LogP) is -1.54. The highest BCUT2D eigenvalue weighted by Gasteiger charge is 2.31. The van der Waals surface area contributed by atoms with Gasteiger partial charge in [-0.1, -0.05) is 60.7 Å². The van der Waals surface area contributed by atoms with Crippen LogP contribution < -0.4 is 42.5 Å². The summed E-state index contributed by atoms with van der Waals surface area (Å²) in [5.74, 6) is -5.28. The Labute approximate surface area is 313 Å². The van der Waals surface area contributed by atoms with E-state index in [-0.39, 0.29) is 26.2 Å². The maximum Gasteiger partial charge on any atom is 0.245 e. The van der Waals surface area contributed by atoms with Crippen molar-refractivity contribution in [2.24, 2.45) is 0 Å². The topological polar surface area (TPSA) is 242 Å². The Kier molecular flexibility index (Phi) is 18.1. The number of amides is 8. The number of carbonyl (C=O) groups is 8. The smallest absolute Gasteiger partial charge is 0.245 e. The van der Waals surface area contributed by atoms with Gasteiger partial charge in [-0.25, -0.2) is 0 Å². The van der Waals surface area contributed by atoms with Gasteiger partial charge < -0.3 is 47.3 Å². The van der Waals surface area contributed by atoms with E-state index < -0.39 is 90.9 Å². The Balaban J connectivity index is 1.90. The third-order valence-electron chi connectivity index (χ3n) is 8.15. The number of hydrogen-bond acceptors (Lipinski definition) is 9. The third-order valence-corrected chi connectivity index (χ3v) is 8.15. The van der Waals surface area contributed by atoms with Crippen molar-refractivity contribution < 1.29 is 43.1 Å². The summed E-state index contributed by atoms with van der Waals surface area (Å²) in [5, 5.41) is 20.5. The summed E-state index contributed by atoms with van der Waals surface area (Å²) in [7, 11) is 0. The first-order valence-corrected chi connectivity index (χ1v) is 17.8. The van der Waals surface area contributed by atoms with Crippen molar-refractivity contribution in [3.8, 4) is 0 Å². The van der Waals surface area contributed by atoms with Gasteiger partial charge in [-0.2, -0.15) is 0 Å². The molecular weight excluding hydrogens is 700 g/mol. The van der Waals surface area contributed by atoms with E-state index in [1.54, 1.807) is 54.6 Å². The summed E-state index contributed by atoms with van der Waals surface area (Å²) >= 11 is 0. The lowest BCUT2D eigenvalue weighted by Gasteiger charge is -2.25. The van der Waals surface area contributed by atoms with Crippen LogP contribution in [0.5, 0.6) is 0 Å². The number of ether oxygens (including phenoxy) is 1. The van der Waals surface area contributed by atoms with Crippen molar-refractivity contribution in [3.63, 3.8) is 0 Å². The van der Waals surface area contributed by atoms with E-state index in [0.29, 0.717) is 31.4 Å². The van der Waals surface area contributed by atoms with Crippen LogP contribution in [0, 0.1) is 0 Å². The van der Waals surface area contributed by atoms with E-state index >= 15 is 0 Å². The van der Waals surface area contributed by atoms with Gasteiger partial charge in [0.1, 0.15) is 24.2 Å². The van der Waals surface area contributed by atoms with Gasteiger partial charge in [-0.3, -0.25) is 38.4 Å². The summed E-state index contributed by atoms with van der Waals surface area (Å²) < 4.78 is 5.81. The zero-order valence-electron chi connectivity index (χ0n) is 30.5. The van der Waals surface area contributed by atoms with Crippen molar-refractivity contribution in [1.82, 2.24) is 42.5 Å². The second kappa shape index (κ2) is 23.0. The highest BCUT2D eigenvalue weighted by molar-refractivity contribution is 5.97. The average molecular weight is 751 g/mol. The zero-order chi connectivity index (χ0) is 39.3. The molecule has 0 saturated carbocycles. The van der Waals surface area contributed by atoms with Crippen molar-refractivity contribution in [3.05, 3.63) is 71.8 Å². The minimum Gasteiger partial charge on any atom is -0.374 e. The van der Waals surface area contributed by atoms with Crippen LogP contribution in [0.1, 0.15) is 50.7 Å². The molecule has 0 bridgehead atoms. The van der Waals surface area contributed by atoms with Gasteiger partial charge in [0.2, 0.25) is 47.3 Å². The van der Waals surface area contributed by atoms with E-state index in [2.05, 4.69) is 42.5 Å². The molecule has 292 valence electrons. The van der Waals surface area contributed by atoms with Crippen LogP contribution >= 0.6 is 0 Å². The van der Waals surface area contributed by atoms with Gasteiger partial charge in [-0.05, 0) is 37.3 Å². The molecule has 0 aromatic heterocycles. The van der Waals surface area contributed by atoms with Gasteiger partial charge in [0.05, 0.1) is 32.7 Å². The quantitative estimate of drug-likeness (QED) is 0.148. The van der Waals surface area contributed by atoms with Crippen molar-refractivity contribution >= 4 is 47.3 Å². The number of hydrogen-bond donors (Lipinski definition) is 8. The molecule has 0 radical (unpaired) electrons.